The second kappa shape index (κ2) is 15.7. The molecule has 3 aromatic heterocycles. The Hall–Kier alpha value is -4.34. The summed E-state index contributed by atoms with van der Waals surface area (Å²) in [6.45, 7) is 4.39. The molecule has 4 heterocycles. The highest BCUT2D eigenvalue weighted by molar-refractivity contribution is 7.07. The Bertz CT molecular complexity index is 1660. The lowest BCUT2D eigenvalue weighted by molar-refractivity contribution is -0.200. The van der Waals surface area contributed by atoms with Gasteiger partial charge in [-0.1, -0.05) is 5.92 Å². The van der Waals surface area contributed by atoms with Crippen LogP contribution in [0.15, 0.2) is 23.2 Å². The van der Waals surface area contributed by atoms with Crippen LogP contribution in [0.1, 0.15) is 39.5 Å². The summed E-state index contributed by atoms with van der Waals surface area (Å²) in [5.74, 6) is -1.15. The van der Waals surface area contributed by atoms with E-state index in [4.69, 9.17) is 46.4 Å². The van der Waals surface area contributed by atoms with Gasteiger partial charge in [0.15, 0.2) is 23.2 Å². The Kier molecular flexibility index (Phi) is 11.9. The largest absolute Gasteiger partial charge is 0.463 e. The van der Waals surface area contributed by atoms with E-state index in [9.17, 15) is 24.3 Å². The van der Waals surface area contributed by atoms with E-state index in [0.717, 1.165) is 13.8 Å². The van der Waals surface area contributed by atoms with Crippen LogP contribution in [0.3, 0.4) is 0 Å². The first-order chi connectivity index (χ1) is 23.0. The zero-order valence-corrected chi connectivity index (χ0v) is 28.0. The van der Waals surface area contributed by atoms with E-state index in [0.29, 0.717) is 5.56 Å². The third-order valence-corrected chi connectivity index (χ3v) is 7.99. The molecule has 258 valence electrons. The highest BCUT2D eigenvalue weighted by Crippen LogP contribution is 2.44. The minimum absolute atomic E-state index is 0.0848. The number of thiophene rings is 1. The lowest BCUT2D eigenvalue weighted by Crippen LogP contribution is -2.57. The molecule has 2 N–H and O–H groups in total. The minimum Gasteiger partial charge on any atom is -0.463 e. The lowest BCUT2D eigenvalue weighted by atomic mass is 9.91. The normalized spacial score (nSPS) is 20.6. The zero-order chi connectivity index (χ0) is 35.1. The highest BCUT2D eigenvalue weighted by Gasteiger charge is 2.63. The molecule has 16 nitrogen and oxygen atoms in total. The summed E-state index contributed by atoms with van der Waals surface area (Å²) < 4.78 is 35.7. The van der Waals surface area contributed by atoms with E-state index < -0.39 is 60.1 Å². The summed E-state index contributed by atoms with van der Waals surface area (Å²) in [7, 11) is 0. The number of aliphatic hydroxyl groups excluding tert-OH is 1. The molecule has 4 atom stereocenters. The van der Waals surface area contributed by atoms with Crippen LogP contribution in [0.5, 0.6) is 0 Å². The zero-order valence-electron chi connectivity index (χ0n) is 26.5. The second-order valence-electron chi connectivity index (χ2n) is 10.3. The summed E-state index contributed by atoms with van der Waals surface area (Å²) >= 11 is 7.54. The summed E-state index contributed by atoms with van der Waals surface area (Å²) in [6.07, 6.45) is 2.63. The molecule has 1 saturated heterocycles. The molecule has 0 radical (unpaired) electrons. The molecule has 0 aromatic carbocycles. The molecule has 4 rings (SSSR count). The van der Waals surface area contributed by atoms with Gasteiger partial charge in [0.1, 0.15) is 6.10 Å². The maximum atomic E-state index is 13.5. The topological polar surface area (TPSA) is 200 Å². The second-order valence-corrected chi connectivity index (χ2v) is 11.4. The molecule has 48 heavy (non-hydrogen) atoms. The molecule has 0 spiro atoms. The fraction of sp³-hybridized carbons (Fsp3) is 0.500. The Labute approximate surface area is 284 Å². The van der Waals surface area contributed by atoms with E-state index in [1.165, 1.54) is 22.2 Å². The molecule has 18 heteroatoms. The molecule has 0 amide bonds. The van der Waals surface area contributed by atoms with Crippen molar-refractivity contribution in [2.24, 2.45) is 0 Å². The van der Waals surface area contributed by atoms with Crippen molar-refractivity contribution in [2.45, 2.75) is 63.8 Å². The van der Waals surface area contributed by atoms with Gasteiger partial charge in [0.25, 0.3) is 5.60 Å². The van der Waals surface area contributed by atoms with Crippen molar-refractivity contribution in [3.05, 3.63) is 34.0 Å². The van der Waals surface area contributed by atoms with E-state index >= 15 is 0 Å². The number of carbonyl (C=O) groups excluding carboxylic acids is 4. The molecule has 0 bridgehead atoms. The van der Waals surface area contributed by atoms with Crippen molar-refractivity contribution >= 4 is 63.8 Å². The van der Waals surface area contributed by atoms with Crippen LogP contribution in [-0.2, 0) is 54.0 Å². The van der Waals surface area contributed by atoms with E-state index in [-0.39, 0.29) is 55.1 Å². The number of imidazole rings is 1. The predicted molar refractivity (Wildman–Crippen MR) is 169 cm³/mol. The maximum Gasteiger partial charge on any atom is 0.350 e. The van der Waals surface area contributed by atoms with Crippen molar-refractivity contribution < 1.29 is 52.7 Å². The van der Waals surface area contributed by atoms with E-state index in [1.54, 1.807) is 30.7 Å². The van der Waals surface area contributed by atoms with Crippen LogP contribution >= 0.6 is 22.9 Å². The maximum absolute atomic E-state index is 13.5. The average Bonchev–Trinajstić information content (AvgIpc) is 3.77. The molecular weight excluding hydrogens is 674 g/mol. The number of aliphatic hydroxyl groups is 1. The Morgan fingerprint density at radius 3 is 2.46 bits per heavy atom. The van der Waals surface area contributed by atoms with Crippen LogP contribution in [-0.4, -0.2) is 105 Å². The van der Waals surface area contributed by atoms with Crippen LogP contribution < -0.4 is 5.32 Å². The fourth-order valence-corrected chi connectivity index (χ4v) is 6.00. The van der Waals surface area contributed by atoms with Crippen LogP contribution in [0.2, 0.25) is 5.28 Å². The van der Waals surface area contributed by atoms with Gasteiger partial charge < -0.3 is 38.8 Å². The van der Waals surface area contributed by atoms with E-state index in [2.05, 4.69) is 26.2 Å². The highest BCUT2D eigenvalue weighted by atomic mass is 35.5. The number of fused-ring (bicyclic) bond motifs is 1. The van der Waals surface area contributed by atoms with Gasteiger partial charge in [0.05, 0.1) is 32.8 Å². The van der Waals surface area contributed by atoms with Crippen LogP contribution in [0, 0.1) is 12.3 Å². The number of esters is 4. The molecule has 1 aliphatic heterocycles. The Morgan fingerprint density at radius 2 is 1.90 bits per heavy atom. The molecule has 1 aliphatic rings. The number of nitrogens with one attached hydrogen (secondary N) is 1. The molecule has 0 unspecified atom stereocenters. The first-order valence-electron chi connectivity index (χ1n) is 14.7. The molecule has 0 aliphatic carbocycles. The standard InChI is InChI=1S/C30H34ClN5O11S/c1-6-29(47-18(5)39)20(14-44-30(26(40)42-7-2,27(41)43-8-3)13-19-9-12-48-15-19)46-25(22(29)45-17(4)38)36-16-33-21-23(32-10-11-37)34-28(31)35-24(21)36/h1,9,12,15-16,20,22,25,37H,7-8,10-11,13-14H2,2-5H3,(H,32,34,35)/t20-,22+,25-,29-/m1/s1. The first-order valence-corrected chi connectivity index (χ1v) is 16.0. The number of hydrogen-bond donors (Lipinski definition) is 2. The van der Waals surface area contributed by atoms with Crippen molar-refractivity contribution in [1.29, 1.82) is 0 Å². The summed E-state index contributed by atoms with van der Waals surface area (Å²) in [5.41, 5.74) is -3.64. The third kappa shape index (κ3) is 7.37. The number of rotatable bonds is 15. The number of hydrogen-bond acceptors (Lipinski definition) is 16. The quantitative estimate of drug-likeness (QED) is 0.0762. The van der Waals surface area contributed by atoms with Gasteiger partial charge in [-0.25, -0.2) is 14.6 Å². The van der Waals surface area contributed by atoms with Crippen LogP contribution in [0.25, 0.3) is 11.2 Å². The fourth-order valence-electron chi connectivity index (χ4n) is 5.17. The summed E-state index contributed by atoms with van der Waals surface area (Å²) in [5, 5.41) is 15.5. The minimum atomic E-state index is -2.34. The Balaban J connectivity index is 1.84. The van der Waals surface area contributed by atoms with Gasteiger partial charge >= 0.3 is 23.9 Å². The van der Waals surface area contributed by atoms with E-state index in [1.807, 2.05) is 0 Å². The summed E-state index contributed by atoms with van der Waals surface area (Å²) in [6, 6.07) is 1.70. The molecule has 1 fully saturated rings. The number of terminal acetylenes is 1. The molecule has 3 aromatic rings. The van der Waals surface area contributed by atoms with Crippen molar-refractivity contribution in [3.8, 4) is 12.3 Å². The van der Waals surface area contributed by atoms with Crippen molar-refractivity contribution in [3.63, 3.8) is 0 Å². The van der Waals surface area contributed by atoms with Gasteiger partial charge in [-0.05, 0) is 47.8 Å². The number of ether oxygens (including phenoxy) is 6. The number of anilines is 1. The van der Waals surface area contributed by atoms with Crippen molar-refractivity contribution in [2.75, 3.05) is 38.3 Å². The lowest BCUT2D eigenvalue weighted by Gasteiger charge is -2.34. The third-order valence-electron chi connectivity index (χ3n) is 7.09. The number of carbonyl (C=O) groups is 4. The van der Waals surface area contributed by atoms with Gasteiger partial charge in [0, 0.05) is 26.8 Å². The number of halogens is 1. The van der Waals surface area contributed by atoms with Crippen molar-refractivity contribution in [1.82, 2.24) is 19.5 Å². The van der Waals surface area contributed by atoms with Gasteiger partial charge in [0.2, 0.25) is 17.0 Å². The SMILES string of the molecule is C#C[C@@]1(OC(C)=O)[C@@H](COC(Cc2ccsc2)(C(=O)OCC)C(=O)OCC)O[C@@H](n2cnc3c(NCCO)nc(Cl)nc32)[C@@H]1OC(C)=O. The van der Waals surface area contributed by atoms with Gasteiger partial charge in [-0.3, -0.25) is 14.2 Å². The first kappa shape index (κ1) is 36.5. The van der Waals surface area contributed by atoms with Gasteiger partial charge in [-0.15, -0.1) is 6.42 Å². The molecule has 0 saturated carbocycles. The number of aromatic nitrogens is 4. The smallest absolute Gasteiger partial charge is 0.350 e. The Morgan fingerprint density at radius 1 is 1.19 bits per heavy atom. The monoisotopic (exact) mass is 707 g/mol. The van der Waals surface area contributed by atoms with Crippen LogP contribution in [0.4, 0.5) is 5.82 Å². The predicted octanol–water partition coefficient (Wildman–Crippen LogP) is 1.83. The summed E-state index contributed by atoms with van der Waals surface area (Å²) in [4.78, 5) is 64.8. The average molecular weight is 708 g/mol. The van der Waals surface area contributed by atoms with Gasteiger partial charge in [-0.2, -0.15) is 21.3 Å². The number of nitrogens with zero attached hydrogens (tertiary/aromatic N) is 4. The molecular formula is C30H34ClN5O11S.